The van der Waals surface area contributed by atoms with Gasteiger partial charge in [0.1, 0.15) is 0 Å². The summed E-state index contributed by atoms with van der Waals surface area (Å²) in [6.45, 7) is 5.03. The van der Waals surface area contributed by atoms with Crippen molar-refractivity contribution in [2.45, 2.75) is 6.42 Å². The Morgan fingerprint density at radius 2 is 2.17 bits per heavy atom. The fourth-order valence-electron chi connectivity index (χ4n) is 3.21. The van der Waals surface area contributed by atoms with Crippen LogP contribution in [-0.4, -0.2) is 55.2 Å². The van der Waals surface area contributed by atoms with E-state index in [0.717, 1.165) is 54.4 Å². The molecule has 1 aromatic carbocycles. The molecule has 0 aliphatic carbocycles. The van der Waals surface area contributed by atoms with Crippen LogP contribution < -0.4 is 4.90 Å². The molecule has 0 saturated carbocycles. The Bertz CT molecular complexity index is 981. The fraction of sp³-hybridized carbons (Fsp3) is 0.333. The summed E-state index contributed by atoms with van der Waals surface area (Å²) in [7, 11) is 0. The lowest BCUT2D eigenvalue weighted by Crippen LogP contribution is -2.39. The number of fused-ring (bicyclic) bond motifs is 1. The molecule has 0 N–H and O–H groups in total. The number of ether oxygens (including phenoxy) is 1. The molecule has 4 rings (SSSR count). The lowest BCUT2D eigenvalue weighted by molar-refractivity contribution is -0.114. The van der Waals surface area contributed by atoms with Gasteiger partial charge in [0, 0.05) is 42.2 Å². The Kier molecular flexibility index (Phi) is 6.94. The van der Waals surface area contributed by atoms with Gasteiger partial charge in [-0.3, -0.25) is 14.6 Å². The summed E-state index contributed by atoms with van der Waals surface area (Å²) >= 11 is 9.23. The van der Waals surface area contributed by atoms with Crippen molar-refractivity contribution in [2.75, 3.05) is 44.3 Å². The molecule has 0 atom stereocenters. The predicted octanol–water partition coefficient (Wildman–Crippen LogP) is 4.78. The van der Waals surface area contributed by atoms with Crippen molar-refractivity contribution < 1.29 is 9.53 Å². The summed E-state index contributed by atoms with van der Waals surface area (Å²) in [5.74, 6) is -0.0504. The molecule has 0 radical (unpaired) electrons. The smallest absolute Gasteiger partial charge is 0.252 e. The normalized spacial score (nSPS) is 15.3. The number of halogens is 1. The van der Waals surface area contributed by atoms with Gasteiger partial charge >= 0.3 is 0 Å². The number of morpholine rings is 1. The van der Waals surface area contributed by atoms with Crippen molar-refractivity contribution in [3.8, 4) is 0 Å². The van der Waals surface area contributed by atoms with Crippen LogP contribution in [0.2, 0.25) is 5.02 Å². The van der Waals surface area contributed by atoms with Crippen molar-refractivity contribution in [1.82, 2.24) is 9.88 Å². The Morgan fingerprint density at radius 3 is 2.97 bits per heavy atom. The van der Waals surface area contributed by atoms with Gasteiger partial charge in [-0.25, -0.2) is 4.98 Å². The number of nitrogens with zero attached hydrogens (tertiary/aromatic N) is 3. The van der Waals surface area contributed by atoms with Crippen molar-refractivity contribution >= 4 is 61.6 Å². The van der Waals surface area contributed by atoms with Crippen molar-refractivity contribution in [2.24, 2.45) is 0 Å². The van der Waals surface area contributed by atoms with Crippen molar-refractivity contribution in [3.63, 3.8) is 0 Å². The number of anilines is 1. The first-order valence-corrected chi connectivity index (χ1v) is 11.7. The van der Waals surface area contributed by atoms with Crippen LogP contribution >= 0.6 is 34.3 Å². The first-order valence-electron chi connectivity index (χ1n) is 9.58. The maximum absolute atomic E-state index is 13.0. The Balaban J connectivity index is 1.50. The lowest BCUT2D eigenvalue weighted by atomic mass is 10.3. The number of hydrogen-bond donors (Lipinski definition) is 0. The molecule has 0 spiro atoms. The molecule has 1 saturated heterocycles. The standard InChI is InChI=1S/C21H22ClN3O2S2/c22-16-4-6-18-19(15-16)29-21(23-18)25(9-2-8-24-10-12-27-13-11-24)20(26)7-5-17-3-1-14-28-17/h1,3-7,14-15H,2,8-13H2/b7-5+. The summed E-state index contributed by atoms with van der Waals surface area (Å²) in [6, 6.07) is 9.60. The fourth-order valence-corrected chi connectivity index (χ4v) is 5.10. The summed E-state index contributed by atoms with van der Waals surface area (Å²) in [4.78, 5) is 22.9. The van der Waals surface area contributed by atoms with Gasteiger partial charge in [0.25, 0.3) is 5.91 Å². The molecule has 3 aromatic rings. The molecule has 5 nitrogen and oxygen atoms in total. The third-order valence-electron chi connectivity index (χ3n) is 4.73. The van der Waals surface area contributed by atoms with E-state index < -0.39 is 0 Å². The third-order valence-corrected chi connectivity index (χ3v) is 6.84. The summed E-state index contributed by atoms with van der Waals surface area (Å²) in [5, 5.41) is 3.39. The van der Waals surface area contributed by atoms with Gasteiger partial charge in [0.2, 0.25) is 0 Å². The van der Waals surface area contributed by atoms with Gasteiger partial charge in [-0.05, 0) is 42.1 Å². The number of carbonyl (C=O) groups excluding carboxylic acids is 1. The molecular formula is C21H22ClN3O2S2. The number of carbonyl (C=O) groups is 1. The number of thiazole rings is 1. The molecule has 1 aliphatic rings. The minimum Gasteiger partial charge on any atom is -0.379 e. The average molecular weight is 448 g/mol. The average Bonchev–Trinajstić information content (AvgIpc) is 3.39. The largest absolute Gasteiger partial charge is 0.379 e. The van der Waals surface area contributed by atoms with Gasteiger partial charge in [0.15, 0.2) is 5.13 Å². The Labute approximate surface area is 183 Å². The second-order valence-corrected chi connectivity index (χ2v) is 9.18. The SMILES string of the molecule is O=C(/C=C/c1cccs1)N(CCCN1CCOCC1)c1nc2ccc(Cl)cc2s1. The van der Waals surface area contributed by atoms with Gasteiger partial charge in [-0.15, -0.1) is 11.3 Å². The number of aromatic nitrogens is 1. The highest BCUT2D eigenvalue weighted by Crippen LogP contribution is 2.31. The second-order valence-electron chi connectivity index (χ2n) is 6.75. The third kappa shape index (κ3) is 5.43. The molecule has 1 aliphatic heterocycles. The van der Waals surface area contributed by atoms with Crippen molar-refractivity contribution in [1.29, 1.82) is 0 Å². The Hall–Kier alpha value is -1.77. The van der Waals surface area contributed by atoms with Crippen LogP contribution in [0.25, 0.3) is 16.3 Å². The minimum atomic E-state index is -0.0504. The number of amides is 1. The van der Waals surface area contributed by atoms with Crippen LogP contribution in [0.5, 0.6) is 0 Å². The van der Waals surface area contributed by atoms with Crippen LogP contribution in [-0.2, 0) is 9.53 Å². The van der Waals surface area contributed by atoms with Gasteiger partial charge < -0.3 is 4.74 Å². The van der Waals surface area contributed by atoms with E-state index in [9.17, 15) is 4.79 Å². The van der Waals surface area contributed by atoms with E-state index in [0.29, 0.717) is 16.7 Å². The molecule has 1 amide bonds. The second kappa shape index (κ2) is 9.82. The van der Waals surface area contributed by atoms with Crippen LogP contribution in [0, 0.1) is 0 Å². The molecule has 8 heteroatoms. The van der Waals surface area contributed by atoms with Crippen LogP contribution in [0.1, 0.15) is 11.3 Å². The molecule has 0 unspecified atom stereocenters. The Morgan fingerprint density at radius 1 is 1.31 bits per heavy atom. The molecule has 152 valence electrons. The predicted molar refractivity (Wildman–Crippen MR) is 122 cm³/mol. The van der Waals surface area contributed by atoms with Crippen LogP contribution in [0.4, 0.5) is 5.13 Å². The number of hydrogen-bond acceptors (Lipinski definition) is 6. The van der Waals surface area contributed by atoms with E-state index in [1.807, 2.05) is 41.8 Å². The number of thiophene rings is 1. The monoisotopic (exact) mass is 447 g/mol. The van der Waals surface area contributed by atoms with E-state index >= 15 is 0 Å². The van der Waals surface area contributed by atoms with E-state index in [1.54, 1.807) is 22.3 Å². The van der Waals surface area contributed by atoms with Gasteiger partial charge in [0.05, 0.1) is 23.4 Å². The minimum absolute atomic E-state index is 0.0504. The van der Waals surface area contributed by atoms with E-state index in [4.69, 9.17) is 16.3 Å². The highest BCUT2D eigenvalue weighted by Gasteiger charge is 2.19. The van der Waals surface area contributed by atoms with E-state index in [2.05, 4.69) is 9.88 Å². The quantitative estimate of drug-likeness (QED) is 0.489. The van der Waals surface area contributed by atoms with Crippen LogP contribution in [0.15, 0.2) is 41.8 Å². The summed E-state index contributed by atoms with van der Waals surface area (Å²) in [6.07, 6.45) is 4.39. The maximum atomic E-state index is 13.0. The summed E-state index contributed by atoms with van der Waals surface area (Å²) < 4.78 is 6.40. The first-order chi connectivity index (χ1) is 14.2. The van der Waals surface area contributed by atoms with Crippen molar-refractivity contribution in [3.05, 3.63) is 51.7 Å². The molecule has 0 bridgehead atoms. The zero-order valence-electron chi connectivity index (χ0n) is 15.9. The van der Waals surface area contributed by atoms with Gasteiger partial charge in [-0.2, -0.15) is 0 Å². The molecular weight excluding hydrogens is 426 g/mol. The number of benzene rings is 1. The highest BCUT2D eigenvalue weighted by molar-refractivity contribution is 7.22. The molecule has 2 aromatic heterocycles. The summed E-state index contributed by atoms with van der Waals surface area (Å²) in [5.41, 5.74) is 0.864. The zero-order valence-corrected chi connectivity index (χ0v) is 18.3. The zero-order chi connectivity index (χ0) is 20.1. The molecule has 29 heavy (non-hydrogen) atoms. The van der Waals surface area contributed by atoms with E-state index in [1.165, 1.54) is 11.3 Å². The first kappa shape index (κ1) is 20.5. The lowest BCUT2D eigenvalue weighted by Gasteiger charge is -2.27. The molecule has 3 heterocycles. The number of rotatable bonds is 7. The van der Waals surface area contributed by atoms with Crippen LogP contribution in [0.3, 0.4) is 0 Å². The topological polar surface area (TPSA) is 45.7 Å². The van der Waals surface area contributed by atoms with Gasteiger partial charge in [-0.1, -0.05) is 29.0 Å². The molecule has 1 fully saturated rings. The van der Waals surface area contributed by atoms with E-state index in [-0.39, 0.29) is 5.91 Å². The highest BCUT2D eigenvalue weighted by atomic mass is 35.5. The maximum Gasteiger partial charge on any atom is 0.252 e.